The van der Waals surface area contributed by atoms with Crippen LogP contribution >= 0.6 is 0 Å². The van der Waals surface area contributed by atoms with E-state index in [0.29, 0.717) is 12.6 Å². The third kappa shape index (κ3) is 5.00. The van der Waals surface area contributed by atoms with Crippen molar-refractivity contribution in [1.82, 2.24) is 9.88 Å². The molecule has 0 saturated carbocycles. The lowest BCUT2D eigenvalue weighted by Crippen LogP contribution is -2.45. The van der Waals surface area contributed by atoms with Gasteiger partial charge in [-0.15, -0.1) is 0 Å². The predicted octanol–water partition coefficient (Wildman–Crippen LogP) is 6.01. The first-order chi connectivity index (χ1) is 18.3. The molecule has 1 fully saturated rings. The second-order valence-corrected chi connectivity index (χ2v) is 9.86. The molecule has 6 rings (SSSR count). The van der Waals surface area contributed by atoms with Crippen molar-refractivity contribution in [3.8, 4) is 0 Å². The molecular weight excluding hydrogens is 458 g/mol. The number of nitrogens with zero attached hydrogens (tertiary/aromatic N) is 3. The number of hydrogen-bond donors (Lipinski definition) is 0. The summed E-state index contributed by atoms with van der Waals surface area (Å²) in [5, 5.41) is 0. The van der Waals surface area contributed by atoms with Gasteiger partial charge in [0.25, 0.3) is 5.91 Å². The first-order valence-corrected chi connectivity index (χ1v) is 13.1. The number of carbonyl (C=O) groups is 1. The van der Waals surface area contributed by atoms with E-state index in [0.717, 1.165) is 60.3 Å². The summed E-state index contributed by atoms with van der Waals surface area (Å²) in [4.78, 5) is 21.5. The van der Waals surface area contributed by atoms with Crippen molar-refractivity contribution in [3.63, 3.8) is 0 Å². The Labute approximate surface area is 218 Å². The smallest absolute Gasteiger partial charge is 0.254 e. The molecule has 3 heterocycles. The average molecular weight is 490 g/mol. The zero-order valence-corrected chi connectivity index (χ0v) is 20.9. The highest BCUT2D eigenvalue weighted by atomic mass is 16.5. The number of rotatable bonds is 7. The van der Waals surface area contributed by atoms with Gasteiger partial charge in [-0.25, -0.2) is 0 Å². The molecule has 37 heavy (non-hydrogen) atoms. The van der Waals surface area contributed by atoms with Crippen LogP contribution in [0.15, 0.2) is 103 Å². The number of pyridine rings is 1. The number of amides is 1. The Balaban J connectivity index is 1.12. The lowest BCUT2D eigenvalue weighted by atomic mass is 9.99. The van der Waals surface area contributed by atoms with Crippen LogP contribution in [0.5, 0.6) is 0 Å². The van der Waals surface area contributed by atoms with Crippen molar-refractivity contribution in [2.75, 3.05) is 18.0 Å². The predicted molar refractivity (Wildman–Crippen MR) is 145 cm³/mol. The van der Waals surface area contributed by atoms with Gasteiger partial charge in [-0.05, 0) is 65.4 Å². The first-order valence-electron chi connectivity index (χ1n) is 13.1. The molecule has 0 radical (unpaired) electrons. The maximum Gasteiger partial charge on any atom is 0.254 e. The Morgan fingerprint density at radius 3 is 2.22 bits per heavy atom. The summed E-state index contributed by atoms with van der Waals surface area (Å²) in [6.45, 7) is 3.17. The molecule has 0 spiro atoms. The van der Waals surface area contributed by atoms with Crippen molar-refractivity contribution in [2.45, 2.75) is 38.1 Å². The highest BCUT2D eigenvalue weighted by molar-refractivity contribution is 5.98. The SMILES string of the molecule is O=C1c2ccccc2CN1C1CCN(c2ccc(C(OCc3ccncc3)c3ccccc3)cc2)CC1. The molecule has 3 aromatic carbocycles. The van der Waals surface area contributed by atoms with Crippen LogP contribution in [0.25, 0.3) is 0 Å². The molecule has 0 bridgehead atoms. The quantitative estimate of drug-likeness (QED) is 0.319. The maximum absolute atomic E-state index is 12.9. The molecule has 186 valence electrons. The summed E-state index contributed by atoms with van der Waals surface area (Å²) in [7, 11) is 0. The van der Waals surface area contributed by atoms with Gasteiger partial charge in [0.1, 0.15) is 6.10 Å². The van der Waals surface area contributed by atoms with Crippen LogP contribution in [-0.2, 0) is 17.9 Å². The van der Waals surface area contributed by atoms with E-state index in [1.807, 2.05) is 36.4 Å². The van der Waals surface area contributed by atoms with Gasteiger partial charge in [0, 0.05) is 49.3 Å². The minimum absolute atomic E-state index is 0.142. The summed E-state index contributed by atoms with van der Waals surface area (Å²) < 4.78 is 6.41. The zero-order chi connectivity index (χ0) is 25.0. The number of fused-ring (bicyclic) bond motifs is 1. The van der Waals surface area contributed by atoms with E-state index in [2.05, 4.69) is 69.4 Å². The zero-order valence-electron chi connectivity index (χ0n) is 20.9. The Morgan fingerprint density at radius 2 is 1.49 bits per heavy atom. The van der Waals surface area contributed by atoms with Crippen LogP contribution in [-0.4, -0.2) is 34.9 Å². The Hall–Kier alpha value is -3.96. The van der Waals surface area contributed by atoms with E-state index in [9.17, 15) is 4.79 Å². The van der Waals surface area contributed by atoms with E-state index in [1.165, 1.54) is 5.69 Å². The molecule has 1 unspecified atom stereocenters. The van der Waals surface area contributed by atoms with Gasteiger partial charge in [0.2, 0.25) is 0 Å². The Kier molecular flexibility index (Phi) is 6.70. The fraction of sp³-hybridized carbons (Fsp3) is 0.250. The first kappa shape index (κ1) is 23.4. The molecule has 1 saturated heterocycles. The van der Waals surface area contributed by atoms with Crippen LogP contribution in [0.1, 0.15) is 51.6 Å². The monoisotopic (exact) mass is 489 g/mol. The number of anilines is 1. The van der Waals surface area contributed by atoms with E-state index in [-0.39, 0.29) is 12.0 Å². The van der Waals surface area contributed by atoms with Crippen LogP contribution in [0.4, 0.5) is 5.69 Å². The number of piperidine rings is 1. The standard InChI is InChI=1S/C32H31N3O2/c36-32-30-9-5-4-8-27(30)22-35(32)29-16-20-34(21-17-29)28-12-10-26(11-13-28)31(25-6-2-1-3-7-25)37-23-24-14-18-33-19-15-24/h1-15,18-19,29,31H,16-17,20-23H2. The molecule has 0 N–H and O–H groups in total. The van der Waals surface area contributed by atoms with Gasteiger partial charge >= 0.3 is 0 Å². The number of hydrogen-bond acceptors (Lipinski definition) is 4. The minimum Gasteiger partial charge on any atom is -0.371 e. The topological polar surface area (TPSA) is 45.7 Å². The molecule has 4 aromatic rings. The lowest BCUT2D eigenvalue weighted by molar-refractivity contribution is 0.0667. The van der Waals surface area contributed by atoms with Gasteiger partial charge < -0.3 is 14.5 Å². The van der Waals surface area contributed by atoms with Gasteiger partial charge in [0.15, 0.2) is 0 Å². The highest BCUT2D eigenvalue weighted by Crippen LogP contribution is 2.32. The van der Waals surface area contributed by atoms with Crippen molar-refractivity contribution < 1.29 is 9.53 Å². The second-order valence-electron chi connectivity index (χ2n) is 9.86. The van der Waals surface area contributed by atoms with E-state index >= 15 is 0 Å². The van der Waals surface area contributed by atoms with Crippen LogP contribution in [0.2, 0.25) is 0 Å². The van der Waals surface area contributed by atoms with Gasteiger partial charge in [-0.3, -0.25) is 9.78 Å². The molecule has 2 aliphatic heterocycles. The molecule has 0 aliphatic carbocycles. The molecule has 1 aromatic heterocycles. The van der Waals surface area contributed by atoms with Gasteiger partial charge in [-0.2, -0.15) is 0 Å². The third-order valence-electron chi connectivity index (χ3n) is 7.58. The van der Waals surface area contributed by atoms with Gasteiger partial charge in [-0.1, -0.05) is 60.7 Å². The fourth-order valence-corrected chi connectivity index (χ4v) is 5.54. The number of carbonyl (C=O) groups excluding carboxylic acids is 1. The molecule has 1 amide bonds. The highest BCUT2D eigenvalue weighted by Gasteiger charge is 2.34. The third-order valence-corrected chi connectivity index (χ3v) is 7.58. The van der Waals surface area contributed by atoms with Crippen molar-refractivity contribution in [2.24, 2.45) is 0 Å². The largest absolute Gasteiger partial charge is 0.371 e. The Bertz CT molecular complexity index is 1330. The number of aromatic nitrogens is 1. The summed E-state index contributed by atoms with van der Waals surface area (Å²) in [5.74, 6) is 0.192. The average Bonchev–Trinajstić information content (AvgIpc) is 3.31. The van der Waals surface area contributed by atoms with Crippen LogP contribution in [0, 0.1) is 0 Å². The van der Waals surface area contributed by atoms with E-state index in [4.69, 9.17) is 4.74 Å². The molecule has 5 nitrogen and oxygen atoms in total. The number of ether oxygens (including phenoxy) is 1. The molecule has 1 atom stereocenters. The molecule has 5 heteroatoms. The van der Waals surface area contributed by atoms with Crippen molar-refractivity contribution in [1.29, 1.82) is 0 Å². The number of benzene rings is 3. The van der Waals surface area contributed by atoms with E-state index in [1.54, 1.807) is 12.4 Å². The summed E-state index contributed by atoms with van der Waals surface area (Å²) >= 11 is 0. The summed E-state index contributed by atoms with van der Waals surface area (Å²) in [6, 6.07) is 31.5. The minimum atomic E-state index is -0.142. The van der Waals surface area contributed by atoms with Crippen molar-refractivity contribution >= 4 is 11.6 Å². The lowest BCUT2D eigenvalue weighted by Gasteiger charge is -2.38. The normalized spacial score (nSPS) is 16.6. The van der Waals surface area contributed by atoms with Crippen LogP contribution in [0.3, 0.4) is 0 Å². The Morgan fingerprint density at radius 1 is 0.811 bits per heavy atom. The molecular formula is C32H31N3O2. The van der Waals surface area contributed by atoms with Gasteiger partial charge in [0.05, 0.1) is 6.61 Å². The van der Waals surface area contributed by atoms with Crippen LogP contribution < -0.4 is 4.90 Å². The summed E-state index contributed by atoms with van der Waals surface area (Å²) in [6.07, 6.45) is 5.43. The molecule has 2 aliphatic rings. The maximum atomic E-state index is 12.9. The second kappa shape index (κ2) is 10.6. The fourth-order valence-electron chi connectivity index (χ4n) is 5.54. The van der Waals surface area contributed by atoms with Crippen molar-refractivity contribution in [3.05, 3.63) is 131 Å². The summed E-state index contributed by atoms with van der Waals surface area (Å²) in [5.41, 5.74) is 6.64. The van der Waals surface area contributed by atoms with E-state index < -0.39 is 0 Å².